The fraction of sp³-hybridized carbons (Fsp3) is 0.857. The van der Waals surface area contributed by atoms with Gasteiger partial charge in [0.05, 0.1) is 24.0 Å². The highest BCUT2D eigenvalue weighted by molar-refractivity contribution is 5.85. The Bertz CT molecular complexity index is 426. The van der Waals surface area contributed by atoms with Crippen LogP contribution in [0.5, 0.6) is 0 Å². The van der Waals surface area contributed by atoms with Gasteiger partial charge in [-0.05, 0) is 19.8 Å². The number of carboxylic acid groups (broad SMARTS) is 1. The Balaban J connectivity index is 1.68. The maximum atomic E-state index is 12.4. The molecule has 1 amide bonds. The molecule has 4 atom stereocenters. The number of hydrogen-bond donors (Lipinski definition) is 1. The third-order valence-electron chi connectivity index (χ3n) is 4.87. The second kappa shape index (κ2) is 5.00. The molecule has 0 aromatic heterocycles. The molecule has 0 bridgehead atoms. The SMILES string of the molecule is CCOC1CC1C(=O)N1C[C@H]2COCC[C@@]2(C(=O)O)C1. The summed E-state index contributed by atoms with van der Waals surface area (Å²) in [4.78, 5) is 25.8. The molecule has 2 aliphatic heterocycles. The minimum Gasteiger partial charge on any atom is -0.481 e. The summed E-state index contributed by atoms with van der Waals surface area (Å²) in [7, 11) is 0. The molecule has 0 radical (unpaired) electrons. The van der Waals surface area contributed by atoms with Gasteiger partial charge in [-0.2, -0.15) is 0 Å². The van der Waals surface area contributed by atoms with Crippen LogP contribution in [0.1, 0.15) is 19.8 Å². The van der Waals surface area contributed by atoms with E-state index >= 15 is 0 Å². The molecular weight excluding hydrogens is 262 g/mol. The fourth-order valence-electron chi connectivity index (χ4n) is 3.53. The van der Waals surface area contributed by atoms with E-state index in [1.165, 1.54) is 0 Å². The van der Waals surface area contributed by atoms with E-state index in [1.807, 2.05) is 6.92 Å². The molecule has 6 nitrogen and oxygen atoms in total. The number of hydrogen-bond acceptors (Lipinski definition) is 4. The van der Waals surface area contributed by atoms with E-state index in [9.17, 15) is 14.7 Å². The van der Waals surface area contributed by atoms with Crippen LogP contribution < -0.4 is 0 Å². The summed E-state index contributed by atoms with van der Waals surface area (Å²) in [5.74, 6) is -0.888. The first-order valence-corrected chi connectivity index (χ1v) is 7.30. The lowest BCUT2D eigenvalue weighted by atomic mass is 9.74. The number of carbonyl (C=O) groups excluding carboxylic acids is 1. The van der Waals surface area contributed by atoms with E-state index in [0.717, 1.165) is 6.42 Å². The molecule has 0 aromatic carbocycles. The zero-order valence-corrected chi connectivity index (χ0v) is 11.7. The summed E-state index contributed by atoms with van der Waals surface area (Å²) in [6, 6.07) is 0. The van der Waals surface area contributed by atoms with Crippen molar-refractivity contribution >= 4 is 11.9 Å². The predicted octanol–water partition coefficient (Wildman–Crippen LogP) is 0.361. The molecule has 6 heteroatoms. The van der Waals surface area contributed by atoms with Crippen LogP contribution in [0.15, 0.2) is 0 Å². The van der Waals surface area contributed by atoms with E-state index in [1.54, 1.807) is 4.90 Å². The Kier molecular flexibility index (Phi) is 3.46. The van der Waals surface area contributed by atoms with E-state index in [4.69, 9.17) is 9.47 Å². The van der Waals surface area contributed by atoms with Gasteiger partial charge in [-0.15, -0.1) is 0 Å². The van der Waals surface area contributed by atoms with Crippen molar-refractivity contribution < 1.29 is 24.2 Å². The smallest absolute Gasteiger partial charge is 0.311 e. The number of amides is 1. The lowest BCUT2D eigenvalue weighted by Crippen LogP contribution is -2.45. The van der Waals surface area contributed by atoms with Crippen LogP contribution in [0, 0.1) is 17.3 Å². The van der Waals surface area contributed by atoms with Crippen molar-refractivity contribution in [2.75, 3.05) is 32.9 Å². The van der Waals surface area contributed by atoms with Crippen molar-refractivity contribution in [3.8, 4) is 0 Å². The Morgan fingerprint density at radius 3 is 2.95 bits per heavy atom. The predicted molar refractivity (Wildman–Crippen MR) is 69.1 cm³/mol. The maximum absolute atomic E-state index is 12.4. The van der Waals surface area contributed by atoms with Crippen molar-refractivity contribution in [2.45, 2.75) is 25.9 Å². The first kappa shape index (κ1) is 13.8. The van der Waals surface area contributed by atoms with Gasteiger partial charge in [-0.25, -0.2) is 0 Å². The largest absolute Gasteiger partial charge is 0.481 e. The summed E-state index contributed by atoms with van der Waals surface area (Å²) in [6.45, 7) is 4.27. The average molecular weight is 283 g/mol. The standard InChI is InChI=1S/C14H21NO5/c1-2-20-11-5-10(11)12(16)15-6-9-7-19-4-3-14(9,8-15)13(17)18/h9-11H,2-8H2,1H3,(H,17,18)/t9-,10?,11?,14+/m0/s1. The van der Waals surface area contributed by atoms with E-state index < -0.39 is 11.4 Å². The van der Waals surface area contributed by atoms with E-state index in [2.05, 4.69) is 0 Å². The number of nitrogens with zero attached hydrogens (tertiary/aromatic N) is 1. The fourth-order valence-corrected chi connectivity index (χ4v) is 3.53. The topological polar surface area (TPSA) is 76.1 Å². The lowest BCUT2D eigenvalue weighted by molar-refractivity contribution is -0.157. The maximum Gasteiger partial charge on any atom is 0.311 e. The van der Waals surface area contributed by atoms with Crippen molar-refractivity contribution in [3.63, 3.8) is 0 Å². The molecule has 3 aliphatic rings. The molecule has 20 heavy (non-hydrogen) atoms. The molecule has 3 fully saturated rings. The van der Waals surface area contributed by atoms with Crippen LogP contribution in [0.4, 0.5) is 0 Å². The number of carbonyl (C=O) groups is 2. The normalized spacial score (nSPS) is 39.5. The summed E-state index contributed by atoms with van der Waals surface area (Å²) in [5.41, 5.74) is -0.802. The number of likely N-dealkylation sites (tertiary alicyclic amines) is 1. The Labute approximate surface area is 118 Å². The Hall–Kier alpha value is -1.14. The first-order chi connectivity index (χ1) is 9.58. The Morgan fingerprint density at radius 1 is 1.50 bits per heavy atom. The minimum absolute atomic E-state index is 0.0344. The van der Waals surface area contributed by atoms with Crippen LogP contribution in [-0.4, -0.2) is 60.9 Å². The molecule has 1 saturated carbocycles. The van der Waals surface area contributed by atoms with E-state index in [0.29, 0.717) is 39.3 Å². The molecule has 2 heterocycles. The van der Waals surface area contributed by atoms with Crippen molar-refractivity contribution in [3.05, 3.63) is 0 Å². The number of fused-ring (bicyclic) bond motifs is 1. The van der Waals surface area contributed by atoms with Gasteiger partial charge in [0, 0.05) is 32.2 Å². The summed E-state index contributed by atoms with van der Waals surface area (Å²) >= 11 is 0. The van der Waals surface area contributed by atoms with Gasteiger partial charge in [0.2, 0.25) is 5.91 Å². The van der Waals surface area contributed by atoms with Gasteiger partial charge in [0.25, 0.3) is 0 Å². The van der Waals surface area contributed by atoms with Crippen LogP contribution >= 0.6 is 0 Å². The van der Waals surface area contributed by atoms with Crippen LogP contribution in [0.25, 0.3) is 0 Å². The van der Waals surface area contributed by atoms with Gasteiger partial charge >= 0.3 is 5.97 Å². The number of rotatable bonds is 4. The monoisotopic (exact) mass is 283 g/mol. The van der Waals surface area contributed by atoms with Gasteiger partial charge in [0.1, 0.15) is 0 Å². The third-order valence-corrected chi connectivity index (χ3v) is 4.87. The second-order valence-corrected chi connectivity index (χ2v) is 6.04. The van der Waals surface area contributed by atoms with Gasteiger partial charge in [-0.3, -0.25) is 9.59 Å². The van der Waals surface area contributed by atoms with Gasteiger partial charge in [-0.1, -0.05) is 0 Å². The lowest BCUT2D eigenvalue weighted by Gasteiger charge is -2.33. The van der Waals surface area contributed by atoms with Gasteiger partial charge < -0.3 is 19.5 Å². The van der Waals surface area contributed by atoms with Crippen molar-refractivity contribution in [1.82, 2.24) is 4.90 Å². The highest BCUT2D eigenvalue weighted by atomic mass is 16.5. The molecule has 112 valence electrons. The number of carboxylic acids is 1. The molecule has 3 rings (SSSR count). The van der Waals surface area contributed by atoms with Crippen LogP contribution in [-0.2, 0) is 19.1 Å². The molecule has 0 spiro atoms. The highest BCUT2D eigenvalue weighted by Crippen LogP contribution is 2.45. The third kappa shape index (κ3) is 2.11. The quantitative estimate of drug-likeness (QED) is 0.806. The molecule has 1 aliphatic carbocycles. The summed E-state index contributed by atoms with van der Waals surface area (Å²) in [6.07, 6.45) is 1.30. The molecule has 2 saturated heterocycles. The molecular formula is C14H21NO5. The zero-order valence-electron chi connectivity index (χ0n) is 11.7. The summed E-state index contributed by atoms with van der Waals surface area (Å²) in [5, 5.41) is 9.57. The van der Waals surface area contributed by atoms with Crippen LogP contribution in [0.3, 0.4) is 0 Å². The number of ether oxygens (including phenoxy) is 2. The molecule has 0 aromatic rings. The van der Waals surface area contributed by atoms with Crippen molar-refractivity contribution in [1.29, 1.82) is 0 Å². The zero-order chi connectivity index (χ0) is 14.3. The molecule has 1 N–H and O–H groups in total. The molecule has 2 unspecified atom stereocenters. The van der Waals surface area contributed by atoms with Crippen molar-refractivity contribution in [2.24, 2.45) is 17.3 Å². The number of aliphatic carboxylic acids is 1. The van der Waals surface area contributed by atoms with E-state index in [-0.39, 0.29) is 23.8 Å². The first-order valence-electron chi connectivity index (χ1n) is 7.30. The second-order valence-electron chi connectivity index (χ2n) is 6.04. The minimum atomic E-state index is -0.802. The highest BCUT2D eigenvalue weighted by Gasteiger charge is 2.57. The van der Waals surface area contributed by atoms with Crippen LogP contribution in [0.2, 0.25) is 0 Å². The Morgan fingerprint density at radius 2 is 2.30 bits per heavy atom. The van der Waals surface area contributed by atoms with Gasteiger partial charge in [0.15, 0.2) is 0 Å². The average Bonchev–Trinajstić information content (AvgIpc) is 3.07. The summed E-state index contributed by atoms with van der Waals surface area (Å²) < 4.78 is 10.8.